The van der Waals surface area contributed by atoms with Crippen molar-refractivity contribution in [3.8, 4) is 5.75 Å². The lowest BCUT2D eigenvalue weighted by atomic mass is 10.1. The third-order valence-electron chi connectivity index (χ3n) is 2.73. The van der Waals surface area contributed by atoms with Gasteiger partial charge in [0.25, 0.3) is 0 Å². The topological polar surface area (TPSA) is 33.1 Å². The van der Waals surface area contributed by atoms with Gasteiger partial charge in [-0.05, 0) is 24.6 Å². The molecular weight excluding hydrogens is 274 g/mol. The minimum absolute atomic E-state index is 0.276. The number of pyridine rings is 1. The summed E-state index contributed by atoms with van der Waals surface area (Å²) in [7, 11) is 3.35. The third kappa shape index (κ3) is 3.55. The van der Waals surface area contributed by atoms with Crippen LogP contribution in [0.15, 0.2) is 48.0 Å². The van der Waals surface area contributed by atoms with Crippen LogP contribution in [0.25, 0.3) is 6.08 Å². The summed E-state index contributed by atoms with van der Waals surface area (Å²) >= 11 is 0. The maximum atomic E-state index is 10.1. The van der Waals surface area contributed by atoms with Gasteiger partial charge in [-0.25, -0.2) is 0 Å². The molecule has 2 nitrogen and oxygen atoms in total. The largest absolute Gasteiger partial charge is 0.506 e. The van der Waals surface area contributed by atoms with Crippen LogP contribution in [0.3, 0.4) is 0 Å². The Morgan fingerprint density at radius 1 is 1.32 bits per heavy atom. The Morgan fingerprint density at radius 2 is 2.05 bits per heavy atom. The Balaban J connectivity index is 2.00. The molecule has 2 rings (SSSR count). The lowest BCUT2D eigenvalue weighted by Gasteiger charge is -2.08. The summed E-state index contributed by atoms with van der Waals surface area (Å²) in [5, 5.41) is 10.1. The Bertz CT molecular complexity index is 570. The fourth-order valence-corrected chi connectivity index (χ4v) is 3.64. The van der Waals surface area contributed by atoms with E-state index < -0.39 is 0 Å². The first-order chi connectivity index (χ1) is 9.22. The smallest absolute Gasteiger partial charge is 0.141 e. The summed E-state index contributed by atoms with van der Waals surface area (Å²) in [6.07, 6.45) is 3.46. The van der Waals surface area contributed by atoms with Crippen molar-refractivity contribution in [2.75, 3.05) is 0 Å². The van der Waals surface area contributed by atoms with E-state index in [1.54, 1.807) is 33.9 Å². The number of aromatic nitrogens is 1. The number of hydrogen-bond donors (Lipinski definition) is 1. The van der Waals surface area contributed by atoms with Crippen molar-refractivity contribution < 1.29 is 5.11 Å². The number of nitrogens with zero attached hydrogens (tertiary/aromatic N) is 1. The van der Waals surface area contributed by atoms with Crippen LogP contribution in [0.2, 0.25) is 0 Å². The van der Waals surface area contributed by atoms with Crippen LogP contribution in [0.1, 0.15) is 16.8 Å². The third-order valence-corrected chi connectivity index (χ3v) is 4.99. The Morgan fingerprint density at radius 3 is 2.74 bits per heavy atom. The van der Waals surface area contributed by atoms with Gasteiger partial charge in [-0.3, -0.25) is 4.98 Å². The van der Waals surface area contributed by atoms with Crippen LogP contribution < -0.4 is 0 Å². The van der Waals surface area contributed by atoms with E-state index in [4.69, 9.17) is 0 Å². The van der Waals surface area contributed by atoms with E-state index in [0.717, 1.165) is 16.8 Å². The van der Waals surface area contributed by atoms with E-state index in [1.807, 2.05) is 25.1 Å². The molecule has 1 aromatic carbocycles. The minimum atomic E-state index is 0.276. The molecule has 0 amide bonds. The molecule has 0 saturated carbocycles. The monoisotopic (exact) mass is 289 g/mol. The summed E-state index contributed by atoms with van der Waals surface area (Å²) in [4.78, 5) is 5.49. The van der Waals surface area contributed by atoms with Crippen molar-refractivity contribution in [3.05, 3.63) is 59.9 Å². The highest BCUT2D eigenvalue weighted by molar-refractivity contribution is 8.76. The van der Waals surface area contributed by atoms with Gasteiger partial charge in [0.05, 0.1) is 11.4 Å². The molecule has 0 saturated heterocycles. The van der Waals surface area contributed by atoms with E-state index in [0.29, 0.717) is 5.75 Å². The molecule has 19 heavy (non-hydrogen) atoms. The van der Waals surface area contributed by atoms with E-state index in [1.165, 1.54) is 4.90 Å². The molecule has 2 aromatic rings. The van der Waals surface area contributed by atoms with Gasteiger partial charge in [0.2, 0.25) is 0 Å². The second-order valence-electron chi connectivity index (χ2n) is 4.00. The fraction of sp³-hybridized carbons (Fsp3) is 0.133. The maximum Gasteiger partial charge on any atom is 0.141 e. The Hall–Kier alpha value is -1.39. The van der Waals surface area contributed by atoms with E-state index >= 15 is 0 Å². The molecule has 1 N–H and O–H groups in total. The molecule has 0 aliphatic rings. The normalized spacial score (nSPS) is 10.4. The highest BCUT2D eigenvalue weighted by Crippen LogP contribution is 2.35. The molecule has 1 aromatic heterocycles. The van der Waals surface area contributed by atoms with Crippen molar-refractivity contribution in [2.45, 2.75) is 17.6 Å². The summed E-state index contributed by atoms with van der Waals surface area (Å²) in [6, 6.07) is 10.2. The second-order valence-corrected chi connectivity index (χ2v) is 6.37. The van der Waals surface area contributed by atoms with Gasteiger partial charge >= 0.3 is 0 Å². The molecule has 0 bridgehead atoms. The number of hydrogen-bond acceptors (Lipinski definition) is 4. The van der Waals surface area contributed by atoms with Gasteiger partial charge in [-0.2, -0.15) is 0 Å². The summed E-state index contributed by atoms with van der Waals surface area (Å²) in [5.41, 5.74) is 2.43. The molecule has 0 spiro atoms. The summed E-state index contributed by atoms with van der Waals surface area (Å²) in [6.45, 7) is 5.59. The number of rotatable bonds is 5. The average molecular weight is 289 g/mol. The molecule has 0 unspecified atom stereocenters. The predicted molar refractivity (Wildman–Crippen MR) is 84.3 cm³/mol. The summed E-state index contributed by atoms with van der Waals surface area (Å²) in [5.74, 6) is 0.947. The minimum Gasteiger partial charge on any atom is -0.506 e. The van der Waals surface area contributed by atoms with Gasteiger partial charge in [-0.1, -0.05) is 52.4 Å². The van der Waals surface area contributed by atoms with Crippen molar-refractivity contribution in [3.63, 3.8) is 0 Å². The van der Waals surface area contributed by atoms with Crippen LogP contribution in [-0.4, -0.2) is 10.1 Å². The zero-order chi connectivity index (χ0) is 13.7. The maximum absolute atomic E-state index is 10.1. The lowest BCUT2D eigenvalue weighted by molar-refractivity contribution is 0.462. The second kappa shape index (κ2) is 6.68. The first kappa shape index (κ1) is 14.0. The van der Waals surface area contributed by atoms with Crippen molar-refractivity contribution in [2.24, 2.45) is 0 Å². The Kier molecular flexibility index (Phi) is 4.93. The molecule has 98 valence electrons. The number of benzene rings is 1. The molecule has 0 fully saturated rings. The lowest BCUT2D eigenvalue weighted by Crippen LogP contribution is -1.92. The van der Waals surface area contributed by atoms with Crippen LogP contribution in [0, 0.1) is 6.92 Å². The van der Waals surface area contributed by atoms with Crippen molar-refractivity contribution >= 4 is 27.7 Å². The standard InChI is InChI=1S/C15H15NOS2/c1-3-12-9-16-14(15(17)11(12)2)10-18-19-13-7-5-4-6-8-13/h3-9,17H,1,10H2,2H3. The van der Waals surface area contributed by atoms with E-state index in [9.17, 15) is 5.11 Å². The molecule has 0 atom stereocenters. The molecule has 1 heterocycles. The molecule has 4 heteroatoms. The van der Waals surface area contributed by atoms with E-state index in [-0.39, 0.29) is 5.75 Å². The van der Waals surface area contributed by atoms with Crippen LogP contribution in [0.4, 0.5) is 0 Å². The quantitative estimate of drug-likeness (QED) is 0.810. The van der Waals surface area contributed by atoms with Crippen molar-refractivity contribution in [1.82, 2.24) is 4.98 Å². The number of aromatic hydroxyl groups is 1. The van der Waals surface area contributed by atoms with Crippen molar-refractivity contribution in [1.29, 1.82) is 0 Å². The zero-order valence-electron chi connectivity index (χ0n) is 10.7. The van der Waals surface area contributed by atoms with Crippen LogP contribution in [0.5, 0.6) is 5.75 Å². The van der Waals surface area contributed by atoms with Gasteiger partial charge in [-0.15, -0.1) is 0 Å². The van der Waals surface area contributed by atoms with Crippen LogP contribution >= 0.6 is 21.6 Å². The first-order valence-electron chi connectivity index (χ1n) is 5.86. The van der Waals surface area contributed by atoms with Crippen LogP contribution in [-0.2, 0) is 5.75 Å². The molecule has 0 radical (unpaired) electrons. The van der Waals surface area contributed by atoms with Gasteiger partial charge in [0.15, 0.2) is 0 Å². The molecule has 0 aliphatic heterocycles. The SMILES string of the molecule is C=Cc1cnc(CSSc2ccccc2)c(O)c1C. The van der Waals surface area contributed by atoms with E-state index in [2.05, 4.69) is 23.7 Å². The Labute approximate surface area is 121 Å². The molecule has 0 aliphatic carbocycles. The van der Waals surface area contributed by atoms with Gasteiger partial charge in [0.1, 0.15) is 5.75 Å². The van der Waals surface area contributed by atoms with Gasteiger partial charge < -0.3 is 5.11 Å². The molecular formula is C15H15NOS2. The van der Waals surface area contributed by atoms with Gasteiger partial charge in [0, 0.05) is 16.7 Å². The average Bonchev–Trinajstić information content (AvgIpc) is 2.45. The highest BCUT2D eigenvalue weighted by Gasteiger charge is 2.09. The highest BCUT2D eigenvalue weighted by atomic mass is 33.1. The zero-order valence-corrected chi connectivity index (χ0v) is 12.3. The summed E-state index contributed by atoms with van der Waals surface area (Å²) < 4.78 is 0. The fourth-order valence-electron chi connectivity index (χ4n) is 1.60. The first-order valence-corrected chi connectivity index (χ1v) is 8.18. The predicted octanol–water partition coefficient (Wildman–Crippen LogP) is 4.68.